The van der Waals surface area contributed by atoms with Gasteiger partial charge in [0.15, 0.2) is 0 Å². The first kappa shape index (κ1) is 21.0. The minimum atomic E-state index is -0.0945. The largest absolute Gasteiger partial charge is 0.353 e. The van der Waals surface area contributed by atoms with Crippen LogP contribution in [0.15, 0.2) is 59.5 Å². The molecule has 0 saturated carbocycles. The second kappa shape index (κ2) is 10.8. The van der Waals surface area contributed by atoms with Gasteiger partial charge in [-0.1, -0.05) is 42.5 Å². The third-order valence-corrected chi connectivity index (χ3v) is 5.10. The van der Waals surface area contributed by atoms with Crippen molar-refractivity contribution in [2.45, 2.75) is 50.6 Å². The van der Waals surface area contributed by atoms with Crippen molar-refractivity contribution in [1.82, 2.24) is 10.6 Å². The molecule has 0 saturated heterocycles. The van der Waals surface area contributed by atoms with Gasteiger partial charge in [-0.05, 0) is 51.3 Å². The maximum absolute atomic E-state index is 12.7. The molecule has 1 atom stereocenters. The Hall–Kier alpha value is -2.27. The molecular weight excluding hydrogens is 356 g/mol. The molecule has 1 unspecified atom stereocenters. The molecule has 0 fully saturated rings. The maximum atomic E-state index is 12.7. The van der Waals surface area contributed by atoms with E-state index in [2.05, 4.69) is 22.8 Å². The number of rotatable bonds is 9. The van der Waals surface area contributed by atoms with Gasteiger partial charge in [0.25, 0.3) is 5.91 Å². The van der Waals surface area contributed by atoms with Gasteiger partial charge < -0.3 is 10.6 Å². The summed E-state index contributed by atoms with van der Waals surface area (Å²) >= 11 is 1.39. The van der Waals surface area contributed by atoms with Crippen molar-refractivity contribution in [2.24, 2.45) is 0 Å². The summed E-state index contributed by atoms with van der Waals surface area (Å²) in [6, 6.07) is 17.9. The zero-order chi connectivity index (χ0) is 19.6. The fourth-order valence-corrected chi connectivity index (χ4v) is 3.55. The van der Waals surface area contributed by atoms with Crippen LogP contribution >= 0.6 is 11.8 Å². The SMILES string of the molecule is CC(C)NC(=O)CSc1ccccc1C(=O)NC(C)CCc1ccccc1. The Labute approximate surface area is 166 Å². The van der Waals surface area contributed by atoms with Gasteiger partial charge in [-0.25, -0.2) is 0 Å². The predicted octanol–water partition coefficient (Wildman–Crippen LogP) is 4.05. The highest BCUT2D eigenvalue weighted by Gasteiger charge is 2.15. The number of benzene rings is 2. The monoisotopic (exact) mass is 384 g/mol. The van der Waals surface area contributed by atoms with Crippen LogP contribution < -0.4 is 10.6 Å². The molecule has 2 N–H and O–H groups in total. The van der Waals surface area contributed by atoms with Crippen molar-refractivity contribution < 1.29 is 9.59 Å². The van der Waals surface area contributed by atoms with E-state index >= 15 is 0 Å². The number of carbonyl (C=O) groups excluding carboxylic acids is 2. The number of nitrogens with one attached hydrogen (secondary N) is 2. The molecule has 0 aliphatic carbocycles. The quantitative estimate of drug-likeness (QED) is 0.641. The molecule has 2 rings (SSSR count). The molecule has 0 aliphatic heterocycles. The number of amides is 2. The number of carbonyl (C=O) groups is 2. The Balaban J connectivity index is 1.90. The minimum Gasteiger partial charge on any atom is -0.353 e. The van der Waals surface area contributed by atoms with Gasteiger partial charge in [0.2, 0.25) is 5.91 Å². The van der Waals surface area contributed by atoms with Crippen LogP contribution in [0, 0.1) is 0 Å². The van der Waals surface area contributed by atoms with Crippen molar-refractivity contribution >= 4 is 23.6 Å². The topological polar surface area (TPSA) is 58.2 Å². The van der Waals surface area contributed by atoms with E-state index in [1.807, 2.05) is 63.2 Å². The zero-order valence-corrected chi connectivity index (χ0v) is 17.0. The van der Waals surface area contributed by atoms with Crippen LogP contribution in [0.4, 0.5) is 0 Å². The zero-order valence-electron chi connectivity index (χ0n) is 16.2. The highest BCUT2D eigenvalue weighted by molar-refractivity contribution is 8.00. The molecule has 2 amide bonds. The smallest absolute Gasteiger partial charge is 0.252 e. The Bertz CT molecular complexity index is 747. The summed E-state index contributed by atoms with van der Waals surface area (Å²) in [6.45, 7) is 5.88. The summed E-state index contributed by atoms with van der Waals surface area (Å²) in [5.74, 6) is 0.177. The normalized spacial score (nSPS) is 11.9. The average Bonchev–Trinajstić information content (AvgIpc) is 2.65. The van der Waals surface area contributed by atoms with E-state index in [4.69, 9.17) is 0 Å². The van der Waals surface area contributed by atoms with Gasteiger partial charge in [0, 0.05) is 17.0 Å². The van der Waals surface area contributed by atoms with Gasteiger partial charge in [0.05, 0.1) is 11.3 Å². The lowest BCUT2D eigenvalue weighted by atomic mass is 10.1. The van der Waals surface area contributed by atoms with Crippen LogP contribution in [0.1, 0.15) is 43.1 Å². The van der Waals surface area contributed by atoms with E-state index in [0.717, 1.165) is 17.7 Å². The van der Waals surface area contributed by atoms with Crippen LogP contribution in [0.25, 0.3) is 0 Å². The number of hydrogen-bond acceptors (Lipinski definition) is 3. The lowest BCUT2D eigenvalue weighted by Crippen LogP contribution is -2.33. The van der Waals surface area contributed by atoms with Crippen LogP contribution in [0.3, 0.4) is 0 Å². The molecule has 0 heterocycles. The molecule has 4 nitrogen and oxygen atoms in total. The van der Waals surface area contributed by atoms with E-state index < -0.39 is 0 Å². The van der Waals surface area contributed by atoms with Crippen molar-refractivity contribution in [1.29, 1.82) is 0 Å². The van der Waals surface area contributed by atoms with E-state index in [-0.39, 0.29) is 23.9 Å². The molecule has 0 aromatic heterocycles. The molecule has 0 bridgehead atoms. The summed E-state index contributed by atoms with van der Waals surface area (Å²) < 4.78 is 0. The number of thioether (sulfide) groups is 1. The third kappa shape index (κ3) is 7.47. The lowest BCUT2D eigenvalue weighted by Gasteiger charge is -2.16. The first-order valence-electron chi connectivity index (χ1n) is 9.31. The van der Waals surface area contributed by atoms with E-state index in [1.54, 1.807) is 0 Å². The van der Waals surface area contributed by atoms with Crippen LogP contribution in [0.5, 0.6) is 0 Å². The summed E-state index contributed by atoms with van der Waals surface area (Å²) in [6.07, 6.45) is 1.80. The second-order valence-corrected chi connectivity index (χ2v) is 7.92. The predicted molar refractivity (Wildman–Crippen MR) is 112 cm³/mol. The van der Waals surface area contributed by atoms with Gasteiger partial charge in [-0.3, -0.25) is 9.59 Å². The van der Waals surface area contributed by atoms with Gasteiger partial charge >= 0.3 is 0 Å². The van der Waals surface area contributed by atoms with E-state index in [9.17, 15) is 9.59 Å². The Morgan fingerprint density at radius 1 is 0.926 bits per heavy atom. The maximum Gasteiger partial charge on any atom is 0.252 e. The standard InChI is InChI=1S/C22H28N2O2S/c1-16(2)23-21(25)15-27-20-12-8-7-11-19(20)22(26)24-17(3)13-14-18-9-5-4-6-10-18/h4-12,16-17H,13-15H2,1-3H3,(H,23,25)(H,24,26). The molecule has 0 spiro atoms. The number of aryl methyl sites for hydroxylation is 1. The van der Waals surface area contributed by atoms with E-state index in [1.165, 1.54) is 17.3 Å². The Morgan fingerprint density at radius 3 is 2.30 bits per heavy atom. The van der Waals surface area contributed by atoms with Gasteiger partial charge in [0.1, 0.15) is 0 Å². The summed E-state index contributed by atoms with van der Waals surface area (Å²) in [5, 5.41) is 5.94. The molecule has 0 radical (unpaired) electrons. The molecular formula is C22H28N2O2S. The molecule has 5 heteroatoms. The average molecular weight is 385 g/mol. The van der Waals surface area contributed by atoms with Gasteiger partial charge in [-0.2, -0.15) is 0 Å². The second-order valence-electron chi connectivity index (χ2n) is 6.91. The highest BCUT2D eigenvalue weighted by Crippen LogP contribution is 2.22. The fraction of sp³-hybridized carbons (Fsp3) is 0.364. The Morgan fingerprint density at radius 2 is 1.59 bits per heavy atom. The fourth-order valence-electron chi connectivity index (χ4n) is 2.69. The Kier molecular flexibility index (Phi) is 8.40. The van der Waals surface area contributed by atoms with Crippen LogP contribution in [-0.2, 0) is 11.2 Å². The highest BCUT2D eigenvalue weighted by atomic mass is 32.2. The summed E-state index contributed by atoms with van der Waals surface area (Å²) in [7, 11) is 0. The van der Waals surface area contributed by atoms with Crippen LogP contribution in [-0.4, -0.2) is 29.7 Å². The van der Waals surface area contributed by atoms with Gasteiger partial charge in [-0.15, -0.1) is 11.8 Å². The van der Waals surface area contributed by atoms with Crippen molar-refractivity contribution in [2.75, 3.05) is 5.75 Å². The molecule has 2 aromatic carbocycles. The van der Waals surface area contributed by atoms with Crippen molar-refractivity contribution in [3.63, 3.8) is 0 Å². The minimum absolute atomic E-state index is 0.0264. The number of hydrogen-bond donors (Lipinski definition) is 2. The third-order valence-electron chi connectivity index (χ3n) is 4.03. The first-order chi connectivity index (χ1) is 13.0. The molecule has 144 valence electrons. The molecule has 2 aromatic rings. The lowest BCUT2D eigenvalue weighted by molar-refractivity contribution is -0.119. The van der Waals surface area contributed by atoms with Crippen molar-refractivity contribution in [3.05, 3.63) is 65.7 Å². The summed E-state index contributed by atoms with van der Waals surface area (Å²) in [4.78, 5) is 25.4. The molecule has 0 aliphatic rings. The van der Waals surface area contributed by atoms with Crippen molar-refractivity contribution in [3.8, 4) is 0 Å². The first-order valence-corrected chi connectivity index (χ1v) is 10.3. The van der Waals surface area contributed by atoms with E-state index in [0.29, 0.717) is 11.3 Å². The summed E-state index contributed by atoms with van der Waals surface area (Å²) in [5.41, 5.74) is 1.89. The molecule has 27 heavy (non-hydrogen) atoms. The van der Waals surface area contributed by atoms with Crippen LogP contribution in [0.2, 0.25) is 0 Å².